The summed E-state index contributed by atoms with van der Waals surface area (Å²) in [5.41, 5.74) is 8.31. The van der Waals surface area contributed by atoms with Crippen LogP contribution >= 0.6 is 11.6 Å². The Bertz CT molecular complexity index is 530. The van der Waals surface area contributed by atoms with E-state index in [1.807, 2.05) is 42.7 Å². The second kappa shape index (κ2) is 7.39. The molecule has 1 heterocycles. The highest BCUT2D eigenvalue weighted by atomic mass is 35.5. The lowest BCUT2D eigenvalue weighted by Crippen LogP contribution is -2.33. The maximum absolute atomic E-state index is 6.31. The van der Waals surface area contributed by atoms with Gasteiger partial charge in [0.15, 0.2) is 0 Å². The van der Waals surface area contributed by atoms with Crippen LogP contribution in [0.5, 0.6) is 0 Å². The average molecular weight is 290 g/mol. The summed E-state index contributed by atoms with van der Waals surface area (Å²) in [6, 6.07) is 12.1. The maximum Gasteiger partial charge on any atom is 0.0488 e. The van der Waals surface area contributed by atoms with Gasteiger partial charge in [-0.2, -0.15) is 0 Å². The van der Waals surface area contributed by atoms with Crippen molar-refractivity contribution in [1.29, 1.82) is 0 Å². The van der Waals surface area contributed by atoms with Crippen molar-refractivity contribution in [3.05, 3.63) is 64.9 Å². The van der Waals surface area contributed by atoms with E-state index in [1.54, 1.807) is 0 Å². The Morgan fingerprint density at radius 1 is 1.20 bits per heavy atom. The third-order valence-corrected chi connectivity index (χ3v) is 3.81. The standard InChI is InChI=1S/C16H20ClN3/c1-2-20(12-13-7-9-19-10-8-13)16(11-18)14-5-3-4-6-15(14)17/h3-10,16H,2,11-12,18H2,1H3. The lowest BCUT2D eigenvalue weighted by Gasteiger charge is -2.30. The van der Waals surface area contributed by atoms with Crippen LogP contribution in [-0.4, -0.2) is 23.0 Å². The van der Waals surface area contributed by atoms with Crippen molar-refractivity contribution < 1.29 is 0 Å². The molecule has 0 bridgehead atoms. The van der Waals surface area contributed by atoms with Crippen LogP contribution in [0.4, 0.5) is 0 Å². The van der Waals surface area contributed by atoms with Gasteiger partial charge in [-0.3, -0.25) is 9.88 Å². The summed E-state index contributed by atoms with van der Waals surface area (Å²) in [4.78, 5) is 6.38. The van der Waals surface area contributed by atoms with Crippen molar-refractivity contribution in [2.24, 2.45) is 5.73 Å². The summed E-state index contributed by atoms with van der Waals surface area (Å²) < 4.78 is 0. The zero-order valence-electron chi connectivity index (χ0n) is 11.7. The quantitative estimate of drug-likeness (QED) is 0.887. The van der Waals surface area contributed by atoms with Gasteiger partial charge in [-0.15, -0.1) is 0 Å². The van der Waals surface area contributed by atoms with Crippen LogP contribution in [-0.2, 0) is 6.54 Å². The van der Waals surface area contributed by atoms with Gasteiger partial charge in [-0.25, -0.2) is 0 Å². The number of likely N-dealkylation sites (N-methyl/N-ethyl adjacent to an activating group) is 1. The first-order chi connectivity index (χ1) is 9.76. The molecule has 0 aliphatic carbocycles. The second-order valence-corrected chi connectivity index (χ2v) is 5.10. The third-order valence-electron chi connectivity index (χ3n) is 3.47. The number of hydrogen-bond donors (Lipinski definition) is 1. The molecule has 3 nitrogen and oxygen atoms in total. The van der Waals surface area contributed by atoms with Gasteiger partial charge in [0.1, 0.15) is 0 Å². The van der Waals surface area contributed by atoms with Gasteiger partial charge < -0.3 is 5.73 Å². The minimum absolute atomic E-state index is 0.127. The van der Waals surface area contributed by atoms with Gasteiger partial charge in [-0.1, -0.05) is 36.7 Å². The van der Waals surface area contributed by atoms with Crippen molar-refractivity contribution >= 4 is 11.6 Å². The highest BCUT2D eigenvalue weighted by Crippen LogP contribution is 2.27. The molecule has 0 aliphatic heterocycles. The zero-order chi connectivity index (χ0) is 14.4. The van der Waals surface area contributed by atoms with E-state index in [0.717, 1.165) is 23.7 Å². The molecular formula is C16H20ClN3. The van der Waals surface area contributed by atoms with Crippen LogP contribution < -0.4 is 5.73 Å². The van der Waals surface area contributed by atoms with E-state index in [2.05, 4.69) is 22.9 Å². The Labute approximate surface area is 125 Å². The first-order valence-electron chi connectivity index (χ1n) is 6.83. The van der Waals surface area contributed by atoms with E-state index >= 15 is 0 Å². The lowest BCUT2D eigenvalue weighted by molar-refractivity contribution is 0.203. The first-order valence-corrected chi connectivity index (χ1v) is 7.21. The van der Waals surface area contributed by atoms with Crippen LogP contribution in [0.15, 0.2) is 48.8 Å². The predicted octanol–water partition coefficient (Wildman–Crippen LogP) is 3.26. The van der Waals surface area contributed by atoms with Crippen molar-refractivity contribution in [1.82, 2.24) is 9.88 Å². The molecule has 0 fully saturated rings. The van der Waals surface area contributed by atoms with Crippen molar-refractivity contribution in [3.63, 3.8) is 0 Å². The minimum Gasteiger partial charge on any atom is -0.329 e. The van der Waals surface area contributed by atoms with Crippen LogP contribution in [0.3, 0.4) is 0 Å². The van der Waals surface area contributed by atoms with E-state index in [4.69, 9.17) is 17.3 Å². The molecule has 4 heteroatoms. The molecule has 1 aromatic carbocycles. The van der Waals surface area contributed by atoms with E-state index in [9.17, 15) is 0 Å². The van der Waals surface area contributed by atoms with Crippen LogP contribution in [0.1, 0.15) is 24.1 Å². The number of rotatable bonds is 6. The van der Waals surface area contributed by atoms with Gasteiger partial charge in [0.2, 0.25) is 0 Å². The Hall–Kier alpha value is -1.42. The predicted molar refractivity (Wildman–Crippen MR) is 83.6 cm³/mol. The van der Waals surface area contributed by atoms with Crippen LogP contribution in [0.2, 0.25) is 5.02 Å². The number of aromatic nitrogens is 1. The fourth-order valence-electron chi connectivity index (χ4n) is 2.38. The SMILES string of the molecule is CCN(Cc1ccncc1)C(CN)c1ccccc1Cl. The van der Waals surface area contributed by atoms with Crippen molar-refractivity contribution in [2.75, 3.05) is 13.1 Å². The molecule has 0 spiro atoms. The Morgan fingerprint density at radius 3 is 2.50 bits per heavy atom. The Balaban J connectivity index is 2.22. The highest BCUT2D eigenvalue weighted by Gasteiger charge is 2.19. The topological polar surface area (TPSA) is 42.2 Å². The number of benzene rings is 1. The summed E-state index contributed by atoms with van der Waals surface area (Å²) in [7, 11) is 0. The largest absolute Gasteiger partial charge is 0.329 e. The highest BCUT2D eigenvalue weighted by molar-refractivity contribution is 6.31. The molecule has 0 aliphatic rings. The summed E-state index contributed by atoms with van der Waals surface area (Å²) >= 11 is 6.31. The minimum atomic E-state index is 0.127. The average Bonchev–Trinajstić information content (AvgIpc) is 2.49. The smallest absolute Gasteiger partial charge is 0.0488 e. The van der Waals surface area contributed by atoms with Gasteiger partial charge in [0, 0.05) is 36.5 Å². The molecule has 106 valence electrons. The Kier molecular flexibility index (Phi) is 5.53. The zero-order valence-corrected chi connectivity index (χ0v) is 12.4. The lowest BCUT2D eigenvalue weighted by atomic mass is 10.0. The van der Waals surface area contributed by atoms with Gasteiger partial charge in [-0.05, 0) is 35.9 Å². The number of halogens is 1. The van der Waals surface area contributed by atoms with Gasteiger partial charge in [0.25, 0.3) is 0 Å². The molecular weight excluding hydrogens is 270 g/mol. The summed E-state index contributed by atoms with van der Waals surface area (Å²) in [5.74, 6) is 0. The molecule has 0 saturated carbocycles. The van der Waals surface area contributed by atoms with Crippen LogP contribution in [0, 0.1) is 0 Å². The Morgan fingerprint density at radius 2 is 1.90 bits per heavy atom. The first kappa shape index (κ1) is 15.0. The van der Waals surface area contributed by atoms with E-state index in [-0.39, 0.29) is 6.04 Å². The van der Waals surface area contributed by atoms with E-state index in [1.165, 1.54) is 5.56 Å². The van der Waals surface area contributed by atoms with E-state index in [0.29, 0.717) is 6.54 Å². The molecule has 2 N–H and O–H groups in total. The molecule has 1 unspecified atom stereocenters. The number of nitrogens with two attached hydrogens (primary N) is 1. The fraction of sp³-hybridized carbons (Fsp3) is 0.312. The third kappa shape index (κ3) is 3.57. The number of nitrogens with zero attached hydrogens (tertiary/aromatic N) is 2. The normalized spacial score (nSPS) is 12.6. The summed E-state index contributed by atoms with van der Waals surface area (Å²) in [5, 5.41) is 0.774. The monoisotopic (exact) mass is 289 g/mol. The van der Waals surface area contributed by atoms with Gasteiger partial charge >= 0.3 is 0 Å². The van der Waals surface area contributed by atoms with Crippen molar-refractivity contribution in [2.45, 2.75) is 19.5 Å². The van der Waals surface area contributed by atoms with Crippen LogP contribution in [0.25, 0.3) is 0 Å². The summed E-state index contributed by atoms with van der Waals surface area (Å²) in [6.45, 7) is 4.44. The molecule has 1 aromatic heterocycles. The molecule has 2 aromatic rings. The second-order valence-electron chi connectivity index (χ2n) is 4.69. The molecule has 1 atom stereocenters. The molecule has 0 radical (unpaired) electrons. The number of hydrogen-bond acceptors (Lipinski definition) is 3. The van der Waals surface area contributed by atoms with Crippen molar-refractivity contribution in [3.8, 4) is 0 Å². The number of pyridine rings is 1. The molecule has 0 saturated heterocycles. The molecule has 0 amide bonds. The van der Waals surface area contributed by atoms with Gasteiger partial charge in [0.05, 0.1) is 0 Å². The molecule has 20 heavy (non-hydrogen) atoms. The maximum atomic E-state index is 6.31. The molecule has 2 rings (SSSR count). The van der Waals surface area contributed by atoms with E-state index < -0.39 is 0 Å². The summed E-state index contributed by atoms with van der Waals surface area (Å²) in [6.07, 6.45) is 3.63. The fourth-order valence-corrected chi connectivity index (χ4v) is 2.64.